The number of nitrogens with zero attached hydrogens (tertiary/aromatic N) is 3. The maximum Gasteiger partial charge on any atom is 0.0366 e. The van der Waals surface area contributed by atoms with Gasteiger partial charge in [-0.05, 0) is 70.5 Å². The van der Waals surface area contributed by atoms with Crippen molar-refractivity contribution in [3.8, 4) is 0 Å². The Bertz CT molecular complexity index is 589. The van der Waals surface area contributed by atoms with Crippen molar-refractivity contribution in [3.05, 3.63) is 29.8 Å². The average Bonchev–Trinajstić information content (AvgIpc) is 2.62. The number of hydrogen-bond acceptors (Lipinski definition) is 3. The molecule has 0 aliphatic carbocycles. The molecule has 0 amide bonds. The van der Waals surface area contributed by atoms with E-state index in [-0.39, 0.29) is 0 Å². The van der Waals surface area contributed by atoms with Gasteiger partial charge in [-0.2, -0.15) is 0 Å². The highest BCUT2D eigenvalue weighted by Gasteiger charge is 2.39. The Kier molecular flexibility index (Phi) is 6.22. The van der Waals surface area contributed by atoms with Gasteiger partial charge in [0.1, 0.15) is 0 Å². The van der Waals surface area contributed by atoms with Crippen molar-refractivity contribution in [2.24, 2.45) is 11.3 Å². The molecule has 2 aliphatic rings. The van der Waals surface area contributed by atoms with Crippen molar-refractivity contribution < 1.29 is 0 Å². The predicted molar refractivity (Wildman–Crippen MR) is 118 cm³/mol. The lowest BCUT2D eigenvalue weighted by Gasteiger charge is -2.49. The standard InChI is InChI=1S/C24H41N3/c1-20-7-9-22(10-8-20)26-13-11-21(12-14-26)23(2,3)19-24(4,5)27-17-15-25(6)16-18-27/h7-10,21H,11-19H2,1-6H3. The van der Waals surface area contributed by atoms with Gasteiger partial charge in [-0.15, -0.1) is 0 Å². The fourth-order valence-electron chi connectivity index (χ4n) is 5.46. The van der Waals surface area contributed by atoms with E-state index in [2.05, 4.69) is 80.6 Å². The van der Waals surface area contributed by atoms with E-state index in [0.717, 1.165) is 5.92 Å². The molecule has 27 heavy (non-hydrogen) atoms. The lowest BCUT2D eigenvalue weighted by Crippen LogP contribution is -2.55. The SMILES string of the molecule is Cc1ccc(N2CCC(C(C)(C)CC(C)(C)N3CCN(C)CC3)CC2)cc1. The van der Waals surface area contributed by atoms with Crippen LogP contribution < -0.4 is 4.90 Å². The van der Waals surface area contributed by atoms with Gasteiger partial charge in [-0.25, -0.2) is 0 Å². The van der Waals surface area contributed by atoms with Crippen LogP contribution in [0, 0.1) is 18.3 Å². The molecule has 152 valence electrons. The fourth-order valence-corrected chi connectivity index (χ4v) is 5.46. The molecular formula is C24H41N3. The van der Waals surface area contributed by atoms with E-state index < -0.39 is 0 Å². The zero-order valence-electron chi connectivity index (χ0n) is 18.6. The summed E-state index contributed by atoms with van der Waals surface area (Å²) in [6, 6.07) is 9.06. The van der Waals surface area contributed by atoms with Crippen LogP contribution in [0.1, 0.15) is 52.5 Å². The van der Waals surface area contributed by atoms with Crippen molar-refractivity contribution in [2.45, 2.75) is 59.4 Å². The first kappa shape index (κ1) is 20.7. The molecule has 3 rings (SSSR count). The number of likely N-dealkylation sites (N-methyl/N-ethyl adjacent to an activating group) is 1. The summed E-state index contributed by atoms with van der Waals surface area (Å²) in [5.74, 6) is 0.825. The van der Waals surface area contributed by atoms with Crippen LogP contribution in [-0.4, -0.2) is 61.7 Å². The van der Waals surface area contributed by atoms with Gasteiger partial charge in [-0.1, -0.05) is 31.5 Å². The van der Waals surface area contributed by atoms with Gasteiger partial charge in [0, 0.05) is 50.5 Å². The number of piperidine rings is 1. The molecule has 3 nitrogen and oxygen atoms in total. The molecule has 0 bridgehead atoms. The van der Waals surface area contributed by atoms with Crippen LogP contribution in [0.25, 0.3) is 0 Å². The first-order chi connectivity index (χ1) is 12.7. The van der Waals surface area contributed by atoms with Crippen LogP contribution in [-0.2, 0) is 0 Å². The number of piperazine rings is 1. The molecular weight excluding hydrogens is 330 g/mol. The molecule has 0 atom stereocenters. The Balaban J connectivity index is 1.56. The van der Waals surface area contributed by atoms with Gasteiger partial charge < -0.3 is 9.80 Å². The monoisotopic (exact) mass is 371 g/mol. The molecule has 2 fully saturated rings. The largest absolute Gasteiger partial charge is 0.372 e. The minimum absolute atomic E-state index is 0.291. The maximum atomic E-state index is 2.73. The second-order valence-corrected chi connectivity index (χ2v) is 10.4. The van der Waals surface area contributed by atoms with Crippen molar-refractivity contribution in [1.82, 2.24) is 9.80 Å². The number of aryl methyl sites for hydroxylation is 1. The van der Waals surface area contributed by atoms with Gasteiger partial charge in [0.05, 0.1) is 0 Å². The first-order valence-corrected chi connectivity index (χ1v) is 10.9. The Morgan fingerprint density at radius 2 is 1.41 bits per heavy atom. The Morgan fingerprint density at radius 1 is 0.852 bits per heavy atom. The number of benzene rings is 1. The molecule has 0 spiro atoms. The second kappa shape index (κ2) is 8.13. The van der Waals surface area contributed by atoms with Crippen LogP contribution in [0.5, 0.6) is 0 Å². The fraction of sp³-hybridized carbons (Fsp3) is 0.750. The number of rotatable bonds is 5. The summed E-state index contributed by atoms with van der Waals surface area (Å²) < 4.78 is 0. The summed E-state index contributed by atoms with van der Waals surface area (Å²) in [6.45, 7) is 19.4. The summed E-state index contributed by atoms with van der Waals surface area (Å²) >= 11 is 0. The molecule has 0 unspecified atom stereocenters. The average molecular weight is 372 g/mol. The van der Waals surface area contributed by atoms with E-state index in [1.807, 2.05) is 0 Å². The third-order valence-corrected chi connectivity index (χ3v) is 7.25. The highest BCUT2D eigenvalue weighted by Crippen LogP contribution is 2.43. The summed E-state index contributed by atoms with van der Waals surface area (Å²) in [5, 5.41) is 0. The highest BCUT2D eigenvalue weighted by atomic mass is 15.3. The molecule has 2 saturated heterocycles. The quantitative estimate of drug-likeness (QED) is 0.746. The van der Waals surface area contributed by atoms with E-state index in [1.165, 1.54) is 69.8 Å². The second-order valence-electron chi connectivity index (χ2n) is 10.4. The van der Waals surface area contributed by atoms with Crippen LogP contribution in [0.3, 0.4) is 0 Å². The van der Waals surface area contributed by atoms with Crippen LogP contribution in [0.15, 0.2) is 24.3 Å². The third-order valence-electron chi connectivity index (χ3n) is 7.25. The van der Waals surface area contributed by atoms with Gasteiger partial charge in [0.2, 0.25) is 0 Å². The van der Waals surface area contributed by atoms with Crippen molar-refractivity contribution in [3.63, 3.8) is 0 Å². The Morgan fingerprint density at radius 3 is 1.96 bits per heavy atom. The highest BCUT2D eigenvalue weighted by molar-refractivity contribution is 5.47. The van der Waals surface area contributed by atoms with Crippen LogP contribution >= 0.6 is 0 Å². The molecule has 3 heteroatoms. The minimum atomic E-state index is 0.291. The number of hydrogen-bond donors (Lipinski definition) is 0. The van der Waals surface area contributed by atoms with Crippen molar-refractivity contribution >= 4 is 5.69 Å². The molecule has 2 heterocycles. The van der Waals surface area contributed by atoms with E-state index in [9.17, 15) is 0 Å². The summed E-state index contributed by atoms with van der Waals surface area (Å²) in [5.41, 5.74) is 3.43. The summed E-state index contributed by atoms with van der Waals surface area (Å²) in [7, 11) is 2.25. The molecule has 0 radical (unpaired) electrons. The zero-order valence-corrected chi connectivity index (χ0v) is 18.6. The van der Waals surface area contributed by atoms with E-state index in [1.54, 1.807) is 0 Å². The molecule has 1 aromatic carbocycles. The van der Waals surface area contributed by atoms with Gasteiger partial charge in [0.15, 0.2) is 0 Å². The lowest BCUT2D eigenvalue weighted by molar-refractivity contribution is 0.0131. The molecule has 2 aliphatic heterocycles. The van der Waals surface area contributed by atoms with Crippen molar-refractivity contribution in [1.29, 1.82) is 0 Å². The van der Waals surface area contributed by atoms with E-state index in [4.69, 9.17) is 0 Å². The molecule has 1 aromatic rings. The third kappa shape index (κ3) is 5.06. The maximum absolute atomic E-state index is 2.73. The topological polar surface area (TPSA) is 9.72 Å². The predicted octanol–water partition coefficient (Wildman–Crippen LogP) is 4.65. The molecule has 0 saturated carbocycles. The Labute approximate surface area is 167 Å². The van der Waals surface area contributed by atoms with E-state index in [0.29, 0.717) is 11.0 Å². The lowest BCUT2D eigenvalue weighted by atomic mass is 9.67. The molecule has 0 N–H and O–H groups in total. The summed E-state index contributed by atoms with van der Waals surface area (Å²) in [6.07, 6.45) is 3.93. The van der Waals surface area contributed by atoms with E-state index >= 15 is 0 Å². The first-order valence-electron chi connectivity index (χ1n) is 10.9. The molecule has 0 aromatic heterocycles. The van der Waals surface area contributed by atoms with Crippen LogP contribution in [0.2, 0.25) is 0 Å². The smallest absolute Gasteiger partial charge is 0.0366 e. The van der Waals surface area contributed by atoms with Gasteiger partial charge in [0.25, 0.3) is 0 Å². The number of anilines is 1. The minimum Gasteiger partial charge on any atom is -0.372 e. The van der Waals surface area contributed by atoms with Gasteiger partial charge >= 0.3 is 0 Å². The van der Waals surface area contributed by atoms with Crippen molar-refractivity contribution in [2.75, 3.05) is 51.2 Å². The zero-order chi connectivity index (χ0) is 19.7. The Hall–Kier alpha value is -1.06. The summed E-state index contributed by atoms with van der Waals surface area (Å²) in [4.78, 5) is 7.77. The normalized spacial score (nSPS) is 21.6. The van der Waals surface area contributed by atoms with Gasteiger partial charge in [-0.3, -0.25) is 4.90 Å². The van der Waals surface area contributed by atoms with Crippen LogP contribution in [0.4, 0.5) is 5.69 Å².